The summed E-state index contributed by atoms with van der Waals surface area (Å²) in [5, 5.41) is 19.5. The molecule has 0 spiro atoms. The van der Waals surface area contributed by atoms with Crippen LogP contribution in [0.5, 0.6) is 0 Å². The van der Waals surface area contributed by atoms with E-state index < -0.39 is 35.7 Å². The van der Waals surface area contributed by atoms with Gasteiger partial charge in [-0.2, -0.15) is 5.10 Å². The van der Waals surface area contributed by atoms with Gasteiger partial charge < -0.3 is 25.2 Å². The van der Waals surface area contributed by atoms with E-state index in [1.54, 1.807) is 20.8 Å². The van der Waals surface area contributed by atoms with E-state index in [1.807, 2.05) is 54.6 Å². The molecule has 2 aliphatic rings. The number of benzene rings is 3. The second-order valence-corrected chi connectivity index (χ2v) is 15.3. The van der Waals surface area contributed by atoms with Gasteiger partial charge in [0.1, 0.15) is 12.2 Å². The smallest absolute Gasteiger partial charge is 0.407 e. The first-order chi connectivity index (χ1) is 26.0. The molecule has 4 N–H and O–H groups in total. The highest BCUT2D eigenvalue weighted by Crippen LogP contribution is 2.44. The lowest BCUT2D eigenvalue weighted by Crippen LogP contribution is -2.45. The number of unbranched alkanes of at least 4 members (excludes halogenated alkanes) is 2. The molecular formula is C43H54N4O7. The second-order valence-electron chi connectivity index (χ2n) is 15.3. The number of nitrogens with one attached hydrogen (secondary N) is 3. The number of aryl methyl sites for hydroxylation is 1. The van der Waals surface area contributed by atoms with E-state index in [0.29, 0.717) is 37.9 Å². The van der Waals surface area contributed by atoms with Gasteiger partial charge in [0.2, 0.25) is 0 Å². The lowest BCUT2D eigenvalue weighted by Gasteiger charge is -2.26. The lowest BCUT2D eigenvalue weighted by atomic mass is 9.82. The summed E-state index contributed by atoms with van der Waals surface area (Å²) in [6, 6.07) is 25.0. The monoisotopic (exact) mass is 738 g/mol. The molecule has 0 aromatic heterocycles. The summed E-state index contributed by atoms with van der Waals surface area (Å²) in [6.45, 7) is 5.82. The van der Waals surface area contributed by atoms with Crippen LogP contribution in [0, 0.1) is 11.8 Å². The van der Waals surface area contributed by atoms with E-state index >= 15 is 0 Å². The van der Waals surface area contributed by atoms with Crippen molar-refractivity contribution in [2.24, 2.45) is 16.9 Å². The Morgan fingerprint density at radius 3 is 2.09 bits per heavy atom. The van der Waals surface area contributed by atoms with Crippen molar-refractivity contribution in [2.75, 3.05) is 13.2 Å². The third-order valence-electron chi connectivity index (χ3n) is 10.1. The average Bonchev–Trinajstić information content (AvgIpc) is 3.47. The highest BCUT2D eigenvalue weighted by atomic mass is 16.6. The van der Waals surface area contributed by atoms with Gasteiger partial charge in [-0.15, -0.1) is 0 Å². The summed E-state index contributed by atoms with van der Waals surface area (Å²) in [5.41, 5.74) is 7.91. The first-order valence-corrected chi connectivity index (χ1v) is 19.2. The third kappa shape index (κ3) is 11.9. The van der Waals surface area contributed by atoms with Crippen LogP contribution in [-0.2, 0) is 25.5 Å². The number of rotatable bonds is 16. The molecule has 1 fully saturated rings. The average molecular weight is 739 g/mol. The fourth-order valence-electron chi connectivity index (χ4n) is 7.36. The summed E-state index contributed by atoms with van der Waals surface area (Å²) in [7, 11) is 0. The minimum atomic E-state index is -0.906. The number of ether oxygens (including phenoxy) is 2. The van der Waals surface area contributed by atoms with Crippen LogP contribution in [0.25, 0.3) is 11.1 Å². The normalized spacial score (nSPS) is 17.4. The number of nitrogens with zero attached hydrogens (tertiary/aromatic N) is 1. The molecule has 11 nitrogen and oxygen atoms in total. The van der Waals surface area contributed by atoms with Gasteiger partial charge in [-0.1, -0.05) is 85.3 Å². The van der Waals surface area contributed by atoms with Gasteiger partial charge in [-0.25, -0.2) is 15.0 Å². The van der Waals surface area contributed by atoms with Gasteiger partial charge in [0.05, 0.1) is 24.1 Å². The van der Waals surface area contributed by atoms with E-state index in [1.165, 1.54) is 5.56 Å². The van der Waals surface area contributed by atoms with Crippen molar-refractivity contribution >= 4 is 29.8 Å². The van der Waals surface area contributed by atoms with Crippen molar-refractivity contribution in [3.63, 3.8) is 0 Å². The molecule has 3 aromatic rings. The topological polar surface area (TPSA) is 155 Å². The molecule has 0 saturated heterocycles. The maximum absolute atomic E-state index is 13.5. The van der Waals surface area contributed by atoms with E-state index in [0.717, 1.165) is 54.4 Å². The van der Waals surface area contributed by atoms with Crippen LogP contribution < -0.4 is 16.1 Å². The molecule has 54 heavy (non-hydrogen) atoms. The number of carbonyl (C=O) groups excluding carboxylic acids is 3. The standard InChI is InChI=1S/C43H54N4O7/c1-43(2,3)54-39(48)26-38(45-42(52)53-28-36-34-19-12-10-17-32(34)33-18-11-13-20-35(33)36)37(21-9-5-8-16-29-14-6-4-7-15-29)46-47-41(51)44-27-30-22-24-31(25-23-30)40(49)50/h4,6-7,10-15,17-20,30-31,36,38H,5,8-9,16,21-28H2,1-3H3,(H,45,52)(H,49,50)(H2,44,47,51)/t30?,31?,38-/m0/s1. The van der Waals surface area contributed by atoms with Crippen molar-refractivity contribution in [3.05, 3.63) is 95.6 Å². The zero-order chi connectivity index (χ0) is 38.5. The zero-order valence-electron chi connectivity index (χ0n) is 31.6. The number of hydrogen-bond acceptors (Lipinski definition) is 7. The molecule has 2 aliphatic carbocycles. The molecule has 5 rings (SSSR count). The van der Waals surface area contributed by atoms with Gasteiger partial charge in [-0.05, 0) is 106 Å². The zero-order valence-corrected chi connectivity index (χ0v) is 31.6. The maximum Gasteiger partial charge on any atom is 0.407 e. The van der Waals surface area contributed by atoms with Crippen LogP contribution in [0.2, 0.25) is 0 Å². The van der Waals surface area contributed by atoms with Crippen molar-refractivity contribution in [3.8, 4) is 11.1 Å². The Morgan fingerprint density at radius 2 is 1.46 bits per heavy atom. The first-order valence-electron chi connectivity index (χ1n) is 19.2. The largest absolute Gasteiger partial charge is 0.481 e. The first kappa shape index (κ1) is 40.0. The van der Waals surface area contributed by atoms with E-state index in [-0.39, 0.29) is 30.8 Å². The molecule has 0 heterocycles. The van der Waals surface area contributed by atoms with Crippen LogP contribution in [0.3, 0.4) is 0 Å². The number of urea groups is 1. The van der Waals surface area contributed by atoms with Gasteiger partial charge in [0.15, 0.2) is 0 Å². The van der Waals surface area contributed by atoms with Crippen molar-refractivity contribution < 1.29 is 33.8 Å². The summed E-state index contributed by atoms with van der Waals surface area (Å²) in [4.78, 5) is 51.1. The van der Waals surface area contributed by atoms with Crippen LogP contribution in [0.4, 0.5) is 9.59 Å². The number of alkyl carbamates (subject to hydrolysis) is 1. The molecule has 1 saturated carbocycles. The fraction of sp³-hybridized carbons (Fsp3) is 0.465. The Bertz CT molecular complexity index is 1720. The summed E-state index contributed by atoms with van der Waals surface area (Å²) < 4.78 is 11.5. The molecular weight excluding hydrogens is 684 g/mol. The SMILES string of the molecule is CC(C)(C)OC(=O)C[C@H](NC(=O)OCC1c2ccccc2-c2ccccc21)C(CCCCCc1ccccc1)=NNC(=O)NCC1CCC(C(=O)O)CC1. The fourth-order valence-corrected chi connectivity index (χ4v) is 7.36. The number of amides is 3. The van der Waals surface area contributed by atoms with Crippen LogP contribution in [0.15, 0.2) is 84.0 Å². The summed E-state index contributed by atoms with van der Waals surface area (Å²) >= 11 is 0. The number of carboxylic acids is 1. The number of carboxylic acid groups (broad SMARTS) is 1. The molecule has 0 aliphatic heterocycles. The van der Waals surface area contributed by atoms with Gasteiger partial charge in [-0.3, -0.25) is 9.59 Å². The number of hydrazone groups is 1. The van der Waals surface area contributed by atoms with Crippen molar-refractivity contribution in [1.82, 2.24) is 16.1 Å². The Kier molecular flexibility index (Phi) is 14.2. The van der Waals surface area contributed by atoms with E-state index in [4.69, 9.17) is 9.47 Å². The van der Waals surface area contributed by atoms with Crippen LogP contribution >= 0.6 is 0 Å². The minimum Gasteiger partial charge on any atom is -0.481 e. The number of aliphatic carboxylic acids is 1. The number of esters is 1. The molecule has 288 valence electrons. The van der Waals surface area contributed by atoms with Crippen LogP contribution in [-0.4, -0.2) is 59.7 Å². The molecule has 3 aromatic carbocycles. The van der Waals surface area contributed by atoms with Gasteiger partial charge in [0.25, 0.3) is 0 Å². The highest BCUT2D eigenvalue weighted by Gasteiger charge is 2.31. The van der Waals surface area contributed by atoms with E-state index in [9.17, 15) is 24.3 Å². The van der Waals surface area contributed by atoms with Crippen molar-refractivity contribution in [2.45, 2.75) is 103 Å². The van der Waals surface area contributed by atoms with Gasteiger partial charge in [0, 0.05) is 12.5 Å². The molecule has 3 amide bonds. The quantitative estimate of drug-likeness (QED) is 0.0503. The Hall–Kier alpha value is -5.19. The molecule has 0 bridgehead atoms. The van der Waals surface area contributed by atoms with E-state index in [2.05, 4.69) is 45.4 Å². The number of carbonyl (C=O) groups is 4. The minimum absolute atomic E-state index is 0.0972. The van der Waals surface area contributed by atoms with Crippen molar-refractivity contribution in [1.29, 1.82) is 0 Å². The Morgan fingerprint density at radius 1 is 0.833 bits per heavy atom. The second kappa shape index (κ2) is 19.2. The predicted octanol–water partition coefficient (Wildman–Crippen LogP) is 7.97. The highest BCUT2D eigenvalue weighted by molar-refractivity contribution is 5.95. The molecule has 0 radical (unpaired) electrons. The molecule has 0 unspecified atom stereocenters. The Labute approximate surface area is 318 Å². The predicted molar refractivity (Wildman–Crippen MR) is 208 cm³/mol. The third-order valence-corrected chi connectivity index (χ3v) is 10.1. The molecule has 1 atom stereocenters. The summed E-state index contributed by atoms with van der Waals surface area (Å²) in [6.07, 6.45) is 5.53. The number of hydrogen-bond donors (Lipinski definition) is 4. The number of fused-ring (bicyclic) bond motifs is 3. The Balaban J connectivity index is 1.27. The lowest BCUT2D eigenvalue weighted by molar-refractivity contribution is -0.155. The van der Waals surface area contributed by atoms with Gasteiger partial charge >= 0.3 is 24.1 Å². The maximum atomic E-state index is 13.5. The molecule has 11 heteroatoms. The summed E-state index contributed by atoms with van der Waals surface area (Å²) in [5.74, 6) is -1.59. The van der Waals surface area contributed by atoms with Crippen LogP contribution in [0.1, 0.15) is 101 Å².